The summed E-state index contributed by atoms with van der Waals surface area (Å²) in [6, 6.07) is 43.8. The fourth-order valence-electron chi connectivity index (χ4n) is 5.66. The van der Waals surface area contributed by atoms with Crippen LogP contribution in [0.4, 0.5) is 5.69 Å². The second kappa shape index (κ2) is 8.76. The van der Waals surface area contributed by atoms with Gasteiger partial charge in [-0.15, -0.1) is 11.3 Å². The van der Waals surface area contributed by atoms with E-state index in [9.17, 15) is 0 Å². The summed E-state index contributed by atoms with van der Waals surface area (Å²) >= 11 is 1.92. The largest absolute Gasteiger partial charge is 0.376 e. The smallest absolute Gasteiger partial charge is 0.0578 e. The average Bonchev–Trinajstić information content (AvgIpc) is 3.31. The summed E-state index contributed by atoms with van der Waals surface area (Å²) in [4.78, 5) is 1.39. The van der Waals surface area contributed by atoms with Crippen molar-refractivity contribution >= 4 is 43.5 Å². The number of nitrogens with one attached hydrogen (secondary N) is 1. The minimum absolute atomic E-state index is 0.216. The van der Waals surface area contributed by atoms with E-state index in [0.29, 0.717) is 0 Å². The van der Waals surface area contributed by atoms with Crippen molar-refractivity contribution in [1.82, 2.24) is 0 Å². The highest BCUT2D eigenvalue weighted by atomic mass is 32.1. The first-order valence-electron chi connectivity index (χ1n) is 12.8. The Morgan fingerprint density at radius 2 is 1.32 bits per heavy atom. The molecular formula is C35H27NS. The Balaban J connectivity index is 1.33. The van der Waals surface area contributed by atoms with E-state index in [1.165, 1.54) is 53.6 Å². The molecule has 1 heterocycles. The summed E-state index contributed by atoms with van der Waals surface area (Å²) in [6.07, 6.45) is 3.40. The first kappa shape index (κ1) is 22.1. The number of thiophene rings is 1. The minimum atomic E-state index is -0.216. The summed E-state index contributed by atoms with van der Waals surface area (Å²) in [5.41, 5.74) is 7.45. The molecule has 0 aliphatic heterocycles. The fourth-order valence-corrected chi connectivity index (χ4v) is 6.92. The summed E-state index contributed by atoms with van der Waals surface area (Å²) in [7, 11) is 0. The molecule has 6 aromatic rings. The average molecular weight is 494 g/mol. The van der Waals surface area contributed by atoms with Crippen LogP contribution in [0.3, 0.4) is 0 Å². The topological polar surface area (TPSA) is 12.0 Å². The van der Waals surface area contributed by atoms with Gasteiger partial charge in [0, 0.05) is 21.7 Å². The van der Waals surface area contributed by atoms with Crippen molar-refractivity contribution in [2.24, 2.45) is 0 Å². The van der Waals surface area contributed by atoms with E-state index in [4.69, 9.17) is 0 Å². The molecule has 0 saturated carbocycles. The predicted molar refractivity (Wildman–Crippen MR) is 160 cm³/mol. The molecule has 1 aromatic heterocycles. The van der Waals surface area contributed by atoms with E-state index in [0.717, 1.165) is 12.1 Å². The third-order valence-electron chi connectivity index (χ3n) is 7.43. The van der Waals surface area contributed by atoms with Crippen molar-refractivity contribution in [1.29, 1.82) is 0 Å². The van der Waals surface area contributed by atoms with Crippen LogP contribution in [0.15, 0.2) is 127 Å². The van der Waals surface area contributed by atoms with Crippen molar-refractivity contribution in [3.63, 3.8) is 0 Å². The van der Waals surface area contributed by atoms with Crippen LogP contribution < -0.4 is 5.32 Å². The summed E-state index contributed by atoms with van der Waals surface area (Å²) < 4.78 is 1.36. The van der Waals surface area contributed by atoms with Crippen molar-refractivity contribution in [3.8, 4) is 11.1 Å². The summed E-state index contributed by atoms with van der Waals surface area (Å²) in [6.45, 7) is 2.33. The number of benzene rings is 5. The zero-order chi connectivity index (χ0) is 24.8. The molecule has 1 unspecified atom stereocenters. The van der Waals surface area contributed by atoms with E-state index in [-0.39, 0.29) is 5.54 Å². The highest BCUT2D eigenvalue weighted by molar-refractivity contribution is 7.20. The standard InChI is InChI=1S/C35H27NS/c1-35(36-29-20-19-25-11-5-6-12-28(25)21-29)22-31(34-32(23-35)30-13-7-8-14-33(30)37-34)27-17-15-26(16-18-27)24-9-3-2-4-10-24/h2-22,36H,23H2,1H3. The number of rotatable bonds is 4. The Kier molecular flexibility index (Phi) is 5.23. The number of hydrogen-bond acceptors (Lipinski definition) is 2. The van der Waals surface area contributed by atoms with Gasteiger partial charge in [0.25, 0.3) is 0 Å². The Morgan fingerprint density at radius 3 is 2.16 bits per heavy atom. The van der Waals surface area contributed by atoms with Crippen LogP contribution in [0, 0.1) is 0 Å². The number of fused-ring (bicyclic) bond motifs is 4. The molecule has 0 bridgehead atoms. The summed E-state index contributed by atoms with van der Waals surface area (Å²) in [5, 5.41) is 7.81. The van der Waals surface area contributed by atoms with E-state index >= 15 is 0 Å². The Labute approximate surface area is 221 Å². The van der Waals surface area contributed by atoms with Gasteiger partial charge in [0.1, 0.15) is 0 Å². The highest BCUT2D eigenvalue weighted by Gasteiger charge is 2.32. The molecule has 1 aliphatic carbocycles. The molecule has 0 saturated heterocycles. The quantitative estimate of drug-likeness (QED) is 0.258. The van der Waals surface area contributed by atoms with E-state index in [1.54, 1.807) is 0 Å². The molecule has 0 spiro atoms. The molecule has 1 aliphatic rings. The number of hydrogen-bond donors (Lipinski definition) is 1. The van der Waals surface area contributed by atoms with Crippen LogP contribution >= 0.6 is 11.3 Å². The molecule has 7 rings (SSSR count). The maximum absolute atomic E-state index is 3.91. The van der Waals surface area contributed by atoms with Gasteiger partial charge in [0.15, 0.2) is 0 Å². The maximum Gasteiger partial charge on any atom is 0.0578 e. The highest BCUT2D eigenvalue weighted by Crippen LogP contribution is 2.45. The zero-order valence-electron chi connectivity index (χ0n) is 20.7. The van der Waals surface area contributed by atoms with Crippen molar-refractivity contribution in [2.45, 2.75) is 18.9 Å². The van der Waals surface area contributed by atoms with Gasteiger partial charge in [-0.3, -0.25) is 0 Å². The van der Waals surface area contributed by atoms with Gasteiger partial charge in [-0.1, -0.05) is 103 Å². The molecular weight excluding hydrogens is 466 g/mol. The van der Waals surface area contributed by atoms with Gasteiger partial charge in [-0.05, 0) is 75.2 Å². The molecule has 1 atom stereocenters. The lowest BCUT2D eigenvalue weighted by atomic mass is 9.81. The maximum atomic E-state index is 3.91. The molecule has 178 valence electrons. The van der Waals surface area contributed by atoms with Gasteiger partial charge in [-0.25, -0.2) is 0 Å². The number of anilines is 1. The van der Waals surface area contributed by atoms with Crippen molar-refractivity contribution in [2.75, 3.05) is 5.32 Å². The zero-order valence-corrected chi connectivity index (χ0v) is 21.6. The monoisotopic (exact) mass is 493 g/mol. The molecule has 0 fully saturated rings. The van der Waals surface area contributed by atoms with Crippen molar-refractivity contribution in [3.05, 3.63) is 143 Å². The Morgan fingerprint density at radius 1 is 0.649 bits per heavy atom. The Hall–Kier alpha value is -4.14. The third-order valence-corrected chi connectivity index (χ3v) is 8.68. The van der Waals surface area contributed by atoms with Gasteiger partial charge < -0.3 is 5.32 Å². The lowest BCUT2D eigenvalue weighted by Crippen LogP contribution is -2.37. The van der Waals surface area contributed by atoms with Crippen LogP contribution in [0.1, 0.15) is 22.9 Å². The van der Waals surface area contributed by atoms with E-state index in [1.807, 2.05) is 11.3 Å². The summed E-state index contributed by atoms with van der Waals surface area (Å²) in [5.74, 6) is 0. The van der Waals surface area contributed by atoms with E-state index < -0.39 is 0 Å². The third kappa shape index (κ3) is 4.04. The van der Waals surface area contributed by atoms with Gasteiger partial charge in [0.2, 0.25) is 0 Å². The lowest BCUT2D eigenvalue weighted by molar-refractivity contribution is 0.629. The van der Waals surface area contributed by atoms with Crippen LogP contribution in [0.25, 0.3) is 37.6 Å². The van der Waals surface area contributed by atoms with Gasteiger partial charge in [0.05, 0.1) is 5.54 Å². The second-order valence-corrected chi connectivity index (χ2v) is 11.2. The molecule has 1 nitrogen and oxygen atoms in total. The van der Waals surface area contributed by atoms with Crippen LogP contribution in [0.2, 0.25) is 0 Å². The minimum Gasteiger partial charge on any atom is -0.376 e. The SMILES string of the molecule is CC1(Nc2ccc3ccccc3c2)C=C(c2ccc(-c3ccccc3)cc2)c2sc3ccccc3c2C1. The van der Waals surface area contributed by atoms with Gasteiger partial charge in [-0.2, -0.15) is 0 Å². The van der Waals surface area contributed by atoms with Crippen LogP contribution in [-0.4, -0.2) is 5.54 Å². The lowest BCUT2D eigenvalue weighted by Gasteiger charge is -2.34. The molecule has 0 amide bonds. The van der Waals surface area contributed by atoms with Gasteiger partial charge >= 0.3 is 0 Å². The molecule has 0 radical (unpaired) electrons. The first-order valence-corrected chi connectivity index (χ1v) is 13.6. The molecule has 1 N–H and O–H groups in total. The Bertz CT molecular complexity index is 1780. The van der Waals surface area contributed by atoms with Crippen molar-refractivity contribution < 1.29 is 0 Å². The van der Waals surface area contributed by atoms with Crippen LogP contribution in [0.5, 0.6) is 0 Å². The molecule has 37 heavy (non-hydrogen) atoms. The molecule has 2 heteroatoms. The normalized spacial score (nSPS) is 16.9. The second-order valence-electron chi connectivity index (χ2n) is 10.2. The van der Waals surface area contributed by atoms with Crippen LogP contribution in [-0.2, 0) is 6.42 Å². The predicted octanol–water partition coefficient (Wildman–Crippen LogP) is 9.58. The first-order chi connectivity index (χ1) is 18.2. The fraction of sp³-hybridized carbons (Fsp3) is 0.0857. The molecule has 5 aromatic carbocycles. The van der Waals surface area contributed by atoms with E-state index in [2.05, 4.69) is 140 Å².